The van der Waals surface area contributed by atoms with Gasteiger partial charge in [-0.2, -0.15) is 0 Å². The minimum absolute atomic E-state index is 0.459. The van der Waals surface area contributed by atoms with Crippen LogP contribution < -0.4 is 10.7 Å². The van der Waals surface area contributed by atoms with Gasteiger partial charge in [0, 0.05) is 41.3 Å². The highest BCUT2D eigenvalue weighted by Gasteiger charge is 2.34. The number of aromatic nitrogens is 2. The van der Waals surface area contributed by atoms with Gasteiger partial charge >= 0.3 is 5.91 Å². The predicted octanol–water partition coefficient (Wildman–Crippen LogP) is 1.60. The smallest absolute Gasteiger partial charge is 0.335 e. The molecule has 26 heavy (non-hydrogen) atoms. The summed E-state index contributed by atoms with van der Waals surface area (Å²) in [6.45, 7) is 0. The standard InChI is InChI=1S/C20H16N4O2/c1-25-20-9-8-18(24-20)12-16-5-4-14(22-16)10-13-2-3-15(21-13)11-17-6-7-19(23-17)26-20/h2-12,21-22H,1H3/b14-10-,16-12-,17-11-. The molecule has 0 saturated heterocycles. The summed E-state index contributed by atoms with van der Waals surface area (Å²) in [5, 5.41) is 1.95. The normalized spacial score (nSPS) is 27.5. The van der Waals surface area contributed by atoms with Crippen LogP contribution in [0, 0.1) is 0 Å². The quantitative estimate of drug-likeness (QED) is 0.825. The van der Waals surface area contributed by atoms with Gasteiger partial charge in [-0.05, 0) is 54.6 Å². The first-order valence-corrected chi connectivity index (χ1v) is 8.29. The molecule has 0 spiro atoms. The minimum atomic E-state index is -1.19. The molecule has 0 radical (unpaired) electrons. The summed E-state index contributed by atoms with van der Waals surface area (Å²) >= 11 is 0. The van der Waals surface area contributed by atoms with Crippen LogP contribution in [0.15, 0.2) is 64.3 Å². The number of fused-ring (bicyclic) bond motifs is 6. The Bertz CT molecular complexity index is 1160. The van der Waals surface area contributed by atoms with Gasteiger partial charge in [-0.3, -0.25) is 0 Å². The van der Waals surface area contributed by atoms with Gasteiger partial charge in [0.1, 0.15) is 0 Å². The molecular formula is C20H16N4O2. The van der Waals surface area contributed by atoms with Crippen LogP contribution in [-0.2, 0) is 9.47 Å². The average Bonchev–Trinajstić information content (AvgIpc) is 3.40. The Morgan fingerprint density at radius 3 is 2.58 bits per heavy atom. The van der Waals surface area contributed by atoms with E-state index in [9.17, 15) is 0 Å². The highest BCUT2D eigenvalue weighted by atomic mass is 16.7. The Balaban J connectivity index is 1.69. The molecule has 128 valence electrons. The second-order valence-electron chi connectivity index (χ2n) is 6.19. The third kappa shape index (κ3) is 2.66. The van der Waals surface area contributed by atoms with Gasteiger partial charge in [-0.1, -0.05) is 0 Å². The Kier molecular flexibility index (Phi) is 3.20. The molecule has 2 N–H and O–H groups in total. The molecule has 1 unspecified atom stereocenters. The molecule has 0 saturated carbocycles. The van der Waals surface area contributed by atoms with E-state index in [2.05, 4.69) is 26.0 Å². The van der Waals surface area contributed by atoms with Crippen molar-refractivity contribution >= 4 is 29.8 Å². The third-order valence-electron chi connectivity index (χ3n) is 4.31. The lowest BCUT2D eigenvalue weighted by molar-refractivity contribution is -0.123. The SMILES string of the molecule is COC12C=CC(=N1)/C=c1/cc/c([nH]1)=C/c1ccc([nH]1)/C=C1/C=CC(=N1)O2. The van der Waals surface area contributed by atoms with Crippen molar-refractivity contribution in [3.8, 4) is 0 Å². The molecule has 1 atom stereocenters. The van der Waals surface area contributed by atoms with Gasteiger partial charge < -0.3 is 19.4 Å². The molecule has 3 aliphatic heterocycles. The van der Waals surface area contributed by atoms with Gasteiger partial charge in [0.05, 0.1) is 11.4 Å². The lowest BCUT2D eigenvalue weighted by Gasteiger charge is -2.22. The first-order chi connectivity index (χ1) is 12.7. The summed E-state index contributed by atoms with van der Waals surface area (Å²) in [6, 6.07) is 8.08. The molecule has 2 aromatic heterocycles. The van der Waals surface area contributed by atoms with Crippen LogP contribution in [0.4, 0.5) is 0 Å². The molecule has 0 fully saturated rings. The fraction of sp³-hybridized carbons (Fsp3) is 0.100. The van der Waals surface area contributed by atoms with E-state index in [1.54, 1.807) is 13.2 Å². The second-order valence-corrected chi connectivity index (χ2v) is 6.19. The number of aliphatic imine (C=N–C) groups is 2. The second kappa shape index (κ2) is 5.57. The maximum Gasteiger partial charge on any atom is 0.335 e. The predicted molar refractivity (Wildman–Crippen MR) is 101 cm³/mol. The van der Waals surface area contributed by atoms with Crippen molar-refractivity contribution in [1.29, 1.82) is 0 Å². The summed E-state index contributed by atoms with van der Waals surface area (Å²) in [5.74, 6) is -0.733. The first kappa shape index (κ1) is 14.9. The molecule has 6 nitrogen and oxygen atoms in total. The Morgan fingerprint density at radius 2 is 1.73 bits per heavy atom. The number of ether oxygens (including phenoxy) is 2. The van der Waals surface area contributed by atoms with E-state index in [-0.39, 0.29) is 0 Å². The summed E-state index contributed by atoms with van der Waals surface area (Å²) in [7, 11) is 1.56. The number of nitrogens with zero attached hydrogens (tertiary/aromatic N) is 2. The van der Waals surface area contributed by atoms with E-state index < -0.39 is 5.91 Å². The van der Waals surface area contributed by atoms with Crippen molar-refractivity contribution in [2.24, 2.45) is 9.98 Å². The number of H-pyrrole nitrogens is 2. The Hall–Kier alpha value is -3.38. The number of nitrogens with one attached hydrogen (secondary N) is 2. The zero-order chi connectivity index (χ0) is 17.6. The van der Waals surface area contributed by atoms with E-state index in [1.165, 1.54) is 0 Å². The maximum atomic E-state index is 5.92. The van der Waals surface area contributed by atoms with Gasteiger partial charge in [0.15, 0.2) is 0 Å². The van der Waals surface area contributed by atoms with Crippen molar-refractivity contribution < 1.29 is 9.47 Å². The molecule has 3 aliphatic rings. The molecule has 0 amide bonds. The van der Waals surface area contributed by atoms with Crippen molar-refractivity contribution in [3.63, 3.8) is 0 Å². The van der Waals surface area contributed by atoms with Crippen LogP contribution in [0.3, 0.4) is 0 Å². The molecule has 8 bridgehead atoms. The summed E-state index contributed by atoms with van der Waals surface area (Å²) < 4.78 is 11.4. The van der Waals surface area contributed by atoms with Crippen LogP contribution in [0.1, 0.15) is 11.4 Å². The van der Waals surface area contributed by atoms with Gasteiger partial charge in [0.25, 0.3) is 0 Å². The lowest BCUT2D eigenvalue weighted by atomic mass is 10.3. The molecule has 2 aromatic rings. The van der Waals surface area contributed by atoms with Crippen LogP contribution in [-0.4, -0.2) is 34.6 Å². The van der Waals surface area contributed by atoms with E-state index in [1.807, 2.05) is 54.6 Å². The Morgan fingerprint density at radius 1 is 0.923 bits per heavy atom. The molecule has 6 heteroatoms. The fourth-order valence-electron chi connectivity index (χ4n) is 3.07. The summed E-state index contributed by atoms with van der Waals surface area (Å²) in [6.07, 6.45) is 13.3. The van der Waals surface area contributed by atoms with Crippen LogP contribution in [0.5, 0.6) is 0 Å². The molecule has 0 aliphatic carbocycles. The van der Waals surface area contributed by atoms with Gasteiger partial charge in [-0.25, -0.2) is 9.98 Å². The number of aromatic amines is 2. The topological polar surface area (TPSA) is 74.8 Å². The van der Waals surface area contributed by atoms with Crippen molar-refractivity contribution in [2.45, 2.75) is 5.91 Å². The summed E-state index contributed by atoms with van der Waals surface area (Å²) in [4.78, 5) is 15.8. The molecular weight excluding hydrogens is 328 g/mol. The maximum absolute atomic E-state index is 5.92. The highest BCUT2D eigenvalue weighted by Crippen LogP contribution is 2.25. The molecule has 0 aromatic carbocycles. The monoisotopic (exact) mass is 344 g/mol. The number of allylic oxidation sites excluding steroid dienone is 2. The van der Waals surface area contributed by atoms with Crippen LogP contribution in [0.2, 0.25) is 0 Å². The van der Waals surface area contributed by atoms with Gasteiger partial charge in [0.2, 0.25) is 5.90 Å². The average molecular weight is 344 g/mol. The zero-order valence-corrected chi connectivity index (χ0v) is 14.1. The summed E-state index contributed by atoms with van der Waals surface area (Å²) in [5.41, 5.74) is 3.53. The number of hydrogen-bond donors (Lipinski definition) is 2. The van der Waals surface area contributed by atoms with Gasteiger partial charge in [-0.15, -0.1) is 0 Å². The van der Waals surface area contributed by atoms with E-state index in [4.69, 9.17) is 9.47 Å². The number of hydrogen-bond acceptors (Lipinski definition) is 4. The fourth-order valence-corrected chi connectivity index (χ4v) is 3.07. The lowest BCUT2D eigenvalue weighted by Crippen LogP contribution is -2.31. The molecule has 5 rings (SSSR count). The van der Waals surface area contributed by atoms with Crippen LogP contribution >= 0.6 is 0 Å². The van der Waals surface area contributed by atoms with Crippen LogP contribution in [0.25, 0.3) is 18.2 Å². The largest absolute Gasteiger partial charge is 0.422 e. The first-order valence-electron chi connectivity index (χ1n) is 8.29. The van der Waals surface area contributed by atoms with E-state index >= 15 is 0 Å². The molecule has 5 heterocycles. The zero-order valence-electron chi connectivity index (χ0n) is 14.1. The number of methoxy groups -OCH3 is 1. The Labute approximate surface area is 149 Å². The highest BCUT2D eigenvalue weighted by molar-refractivity contribution is 6.18. The van der Waals surface area contributed by atoms with E-state index in [0.29, 0.717) is 5.90 Å². The van der Waals surface area contributed by atoms with Crippen molar-refractivity contribution in [3.05, 3.63) is 76.4 Å². The van der Waals surface area contributed by atoms with Crippen molar-refractivity contribution in [1.82, 2.24) is 9.97 Å². The minimum Gasteiger partial charge on any atom is -0.422 e. The van der Waals surface area contributed by atoms with Crippen molar-refractivity contribution in [2.75, 3.05) is 7.11 Å². The third-order valence-corrected chi connectivity index (χ3v) is 4.31. The number of rotatable bonds is 1. The van der Waals surface area contributed by atoms with E-state index in [0.717, 1.165) is 33.5 Å².